The van der Waals surface area contributed by atoms with Gasteiger partial charge in [-0.2, -0.15) is 10.2 Å². The van der Waals surface area contributed by atoms with Crippen LogP contribution in [0, 0.1) is 11.8 Å². The second-order valence-corrected chi connectivity index (χ2v) is 10.7. The number of fused-ring (bicyclic) bond motifs is 1. The second-order valence-electron chi connectivity index (χ2n) is 10.7. The molecular weight excluding hydrogens is 596 g/mol. The number of nitrogens with zero attached hydrogens (tertiary/aromatic N) is 8. The number of β-amino-alcohol motifs (C(OH)–C–C–N with tert-alkyl or cyclic N) is 1. The van der Waals surface area contributed by atoms with Gasteiger partial charge in [0.25, 0.3) is 11.5 Å². The first-order valence-electron chi connectivity index (χ1n) is 15.0. The van der Waals surface area contributed by atoms with Crippen LogP contribution in [0.25, 0.3) is 16.6 Å². The lowest BCUT2D eigenvalue weighted by atomic mass is 10.1. The maximum atomic E-state index is 13.6. The van der Waals surface area contributed by atoms with E-state index in [1.807, 2.05) is 66.3 Å². The lowest BCUT2D eigenvalue weighted by molar-refractivity contribution is 0.0774. The Hall–Kier alpha value is -5.84. The van der Waals surface area contributed by atoms with Crippen LogP contribution in [0.2, 0.25) is 0 Å². The van der Waals surface area contributed by atoms with Gasteiger partial charge in [-0.3, -0.25) is 23.7 Å². The number of amides is 1. The number of para-hydroxylation sites is 1. The standard InChI is InChI=1S/C26H25N5O2.C8H11N5O/c1-2-24-28-23-10-6-7-20(25(23)26(33)31(24)21-8-4-3-5-9-21)12-11-19-15-27-30(16-19)22-17-29(18-22)13-14-32;1-3-4-11-8-5(7(10)14)6(9)12-13(8)2/h3-10,15-16,22,32H,2,13-14,17-18H2,1H3;3-4H,1H2,2H3,(H2,9,12)(H2,10,14)/b;11-4-. The number of primary amides is 1. The Morgan fingerprint density at radius 2 is 1.94 bits per heavy atom. The average Bonchev–Trinajstić information content (AvgIpc) is 3.63. The number of aliphatic hydroxyl groups excluding tert-OH is 1. The number of nitrogen functional groups attached to an aromatic ring is 1. The van der Waals surface area contributed by atoms with Crippen LogP contribution >= 0.6 is 0 Å². The molecule has 1 aliphatic heterocycles. The molecule has 4 heterocycles. The zero-order chi connectivity index (χ0) is 33.5. The summed E-state index contributed by atoms with van der Waals surface area (Å²) in [5.74, 6) is 6.83. The normalized spacial score (nSPS) is 13.1. The lowest BCUT2D eigenvalue weighted by Crippen LogP contribution is -2.48. The summed E-state index contributed by atoms with van der Waals surface area (Å²) in [4.78, 5) is 35.5. The molecule has 0 aliphatic carbocycles. The van der Waals surface area contributed by atoms with Crippen LogP contribution in [-0.2, 0) is 13.5 Å². The van der Waals surface area contributed by atoms with E-state index in [0.717, 1.165) is 30.2 Å². The van der Waals surface area contributed by atoms with Crippen molar-refractivity contribution < 1.29 is 9.90 Å². The van der Waals surface area contributed by atoms with Crippen molar-refractivity contribution in [3.05, 3.63) is 106 Å². The molecule has 13 nitrogen and oxygen atoms in total. The monoisotopic (exact) mass is 632 g/mol. The quantitative estimate of drug-likeness (QED) is 0.173. The second kappa shape index (κ2) is 14.5. The number of rotatable bonds is 8. The van der Waals surface area contributed by atoms with E-state index in [9.17, 15) is 9.59 Å². The predicted octanol–water partition coefficient (Wildman–Crippen LogP) is 2.38. The van der Waals surface area contributed by atoms with Crippen LogP contribution in [-0.4, -0.2) is 77.5 Å². The maximum absolute atomic E-state index is 13.6. The van der Waals surface area contributed by atoms with Crippen molar-refractivity contribution in [1.29, 1.82) is 0 Å². The molecule has 5 aromatic rings. The summed E-state index contributed by atoms with van der Waals surface area (Å²) < 4.78 is 4.99. The van der Waals surface area contributed by atoms with Gasteiger partial charge in [0.2, 0.25) is 0 Å². The fourth-order valence-corrected chi connectivity index (χ4v) is 5.28. The fourth-order valence-electron chi connectivity index (χ4n) is 5.28. The van der Waals surface area contributed by atoms with Crippen LogP contribution in [0.15, 0.2) is 83.4 Å². The predicted molar refractivity (Wildman–Crippen MR) is 182 cm³/mol. The van der Waals surface area contributed by atoms with E-state index >= 15 is 0 Å². The van der Waals surface area contributed by atoms with Gasteiger partial charge in [-0.1, -0.05) is 55.7 Å². The number of nitrogens with two attached hydrogens (primary N) is 2. The lowest BCUT2D eigenvalue weighted by Gasteiger charge is -2.38. The number of allylic oxidation sites excluding steroid dienone is 1. The number of benzene rings is 2. The molecule has 1 amide bonds. The number of hydrogen-bond acceptors (Lipinski definition) is 9. The SMILES string of the molecule is C=C/C=N\c1c(C(N)=O)c(N)nn1C.CCc1nc2cccc(C#Cc3cnn(C4CN(CCO)C4)c3)c2c(=O)n1-c1ccccc1. The van der Waals surface area contributed by atoms with Gasteiger partial charge in [0, 0.05) is 51.1 Å². The van der Waals surface area contributed by atoms with Crippen molar-refractivity contribution in [3.63, 3.8) is 0 Å². The highest BCUT2D eigenvalue weighted by Crippen LogP contribution is 2.23. The first kappa shape index (κ1) is 32.6. The molecule has 1 aliphatic rings. The minimum absolute atomic E-state index is 0.0798. The molecule has 0 unspecified atom stereocenters. The third-order valence-electron chi connectivity index (χ3n) is 7.56. The van der Waals surface area contributed by atoms with Crippen LogP contribution in [0.5, 0.6) is 0 Å². The molecule has 6 rings (SSSR count). The average molecular weight is 633 g/mol. The first-order valence-corrected chi connectivity index (χ1v) is 15.0. The van der Waals surface area contributed by atoms with Gasteiger partial charge < -0.3 is 16.6 Å². The Bertz CT molecular complexity index is 2060. The Kier molecular flexibility index (Phi) is 10.0. The number of aliphatic hydroxyl groups is 1. The van der Waals surface area contributed by atoms with Gasteiger partial charge in [-0.25, -0.2) is 14.7 Å². The summed E-state index contributed by atoms with van der Waals surface area (Å²) in [6.45, 7) is 8.08. The van der Waals surface area contributed by atoms with Gasteiger partial charge >= 0.3 is 0 Å². The van der Waals surface area contributed by atoms with Crippen molar-refractivity contribution in [1.82, 2.24) is 34.0 Å². The topological polar surface area (TPSA) is 175 Å². The molecule has 3 aromatic heterocycles. The third kappa shape index (κ3) is 7.04. The Labute approximate surface area is 271 Å². The molecule has 0 bridgehead atoms. The van der Waals surface area contributed by atoms with Crippen molar-refractivity contribution in [2.75, 3.05) is 32.0 Å². The van der Waals surface area contributed by atoms with Gasteiger partial charge in [-0.15, -0.1) is 0 Å². The van der Waals surface area contributed by atoms with Crippen molar-refractivity contribution >= 4 is 34.7 Å². The summed E-state index contributed by atoms with van der Waals surface area (Å²) in [6, 6.07) is 15.5. The molecule has 5 N–H and O–H groups in total. The van der Waals surface area contributed by atoms with E-state index in [1.165, 1.54) is 17.0 Å². The zero-order valence-electron chi connectivity index (χ0n) is 26.2. The molecule has 0 atom stereocenters. The molecule has 47 heavy (non-hydrogen) atoms. The molecule has 0 spiro atoms. The molecule has 0 radical (unpaired) electrons. The number of carbonyl (C=O) groups excluding carboxylic acids is 1. The third-order valence-corrected chi connectivity index (χ3v) is 7.56. The van der Waals surface area contributed by atoms with Crippen molar-refractivity contribution in [2.24, 2.45) is 17.8 Å². The highest BCUT2D eigenvalue weighted by Gasteiger charge is 2.28. The number of likely N-dealkylation sites (tertiary alicyclic amines) is 1. The van der Waals surface area contributed by atoms with E-state index < -0.39 is 5.91 Å². The number of aryl methyl sites for hydroxylation is 2. The van der Waals surface area contributed by atoms with Crippen molar-refractivity contribution in [3.8, 4) is 17.5 Å². The van der Waals surface area contributed by atoms with Gasteiger partial charge in [-0.05, 0) is 24.3 Å². The van der Waals surface area contributed by atoms with E-state index in [2.05, 4.69) is 38.5 Å². The summed E-state index contributed by atoms with van der Waals surface area (Å²) in [7, 11) is 1.62. The molecule has 2 aromatic carbocycles. The van der Waals surface area contributed by atoms with Crippen molar-refractivity contribution in [2.45, 2.75) is 19.4 Å². The first-order chi connectivity index (χ1) is 22.7. The highest BCUT2D eigenvalue weighted by atomic mass is 16.3. The molecular formula is C34H36N10O3. The van der Waals surface area contributed by atoms with Crippen LogP contribution < -0.4 is 17.0 Å². The van der Waals surface area contributed by atoms with Crippen LogP contribution in [0.1, 0.15) is 40.3 Å². The Morgan fingerprint density at radius 3 is 2.62 bits per heavy atom. The van der Waals surface area contributed by atoms with Gasteiger partial charge in [0.05, 0.1) is 41.0 Å². The van der Waals surface area contributed by atoms with E-state index in [-0.39, 0.29) is 23.5 Å². The van der Waals surface area contributed by atoms with E-state index in [0.29, 0.717) is 41.3 Å². The highest BCUT2D eigenvalue weighted by molar-refractivity contribution is 6.02. The molecule has 1 saturated heterocycles. The molecule has 1 fully saturated rings. The number of aromatic nitrogens is 6. The van der Waals surface area contributed by atoms with Crippen LogP contribution in [0.4, 0.5) is 11.6 Å². The zero-order valence-corrected chi connectivity index (χ0v) is 26.2. The van der Waals surface area contributed by atoms with Crippen LogP contribution in [0.3, 0.4) is 0 Å². The summed E-state index contributed by atoms with van der Waals surface area (Å²) in [5, 5.41) is 17.8. The van der Waals surface area contributed by atoms with Gasteiger partial charge in [0.1, 0.15) is 11.4 Å². The molecule has 13 heteroatoms. The molecule has 0 saturated carbocycles. The number of anilines is 1. The minimum atomic E-state index is -0.646. The Morgan fingerprint density at radius 1 is 1.17 bits per heavy atom. The smallest absolute Gasteiger partial charge is 0.267 e. The van der Waals surface area contributed by atoms with E-state index in [4.69, 9.17) is 21.6 Å². The molecule has 240 valence electrons. The summed E-state index contributed by atoms with van der Waals surface area (Å²) >= 11 is 0. The summed E-state index contributed by atoms with van der Waals surface area (Å²) in [5.41, 5.74) is 13.5. The largest absolute Gasteiger partial charge is 0.395 e. The minimum Gasteiger partial charge on any atom is -0.395 e. The van der Waals surface area contributed by atoms with Gasteiger partial charge in [0.15, 0.2) is 11.6 Å². The number of hydrogen-bond donors (Lipinski definition) is 3. The fraction of sp³-hybridized carbons (Fsp3) is 0.235. The van der Waals surface area contributed by atoms with E-state index in [1.54, 1.807) is 17.8 Å². The summed E-state index contributed by atoms with van der Waals surface area (Å²) in [6.07, 6.45) is 7.25. The number of aliphatic imine (C=N–C) groups is 1. The maximum Gasteiger partial charge on any atom is 0.267 e. The Balaban J connectivity index is 0.000000261. The number of carbonyl (C=O) groups is 1.